The van der Waals surface area contributed by atoms with E-state index in [1.807, 2.05) is 23.1 Å². The first-order valence-electron chi connectivity index (χ1n) is 10.7. The molecule has 0 radical (unpaired) electrons. The molecule has 0 bridgehead atoms. The fourth-order valence-electron chi connectivity index (χ4n) is 3.88. The standard InChI is InChI=1S/C21H29N7OS.HI/c1-3-18-24-21(30-25-18)27-13-11-26(12-14-27)20(22-4-2)23-15-19(29)28-10-9-16-7-5-6-8-17(16)28;/h5-8H,3-4,9-15H2,1-2H3,(H,22,23);1H. The maximum atomic E-state index is 12.8. The number of carbonyl (C=O) groups excluding carboxylic acids is 1. The number of amides is 1. The van der Waals surface area contributed by atoms with Gasteiger partial charge in [-0.15, -0.1) is 24.0 Å². The molecule has 0 unspecified atom stereocenters. The summed E-state index contributed by atoms with van der Waals surface area (Å²) in [5.74, 6) is 1.77. The lowest BCUT2D eigenvalue weighted by molar-refractivity contribution is -0.117. The lowest BCUT2D eigenvalue weighted by atomic mass is 10.2. The zero-order chi connectivity index (χ0) is 20.9. The van der Waals surface area contributed by atoms with Crippen molar-refractivity contribution in [2.75, 3.05) is 55.6 Å². The SMILES string of the molecule is CCNC(=NCC(=O)N1CCc2ccccc21)N1CCN(c2nc(CC)ns2)CC1.I. The highest BCUT2D eigenvalue weighted by Gasteiger charge is 2.25. The summed E-state index contributed by atoms with van der Waals surface area (Å²) < 4.78 is 4.39. The number of fused-ring (bicyclic) bond motifs is 1. The number of carbonyl (C=O) groups is 1. The summed E-state index contributed by atoms with van der Waals surface area (Å²) in [5.41, 5.74) is 2.26. The zero-order valence-electron chi connectivity index (χ0n) is 18.1. The van der Waals surface area contributed by atoms with Gasteiger partial charge >= 0.3 is 0 Å². The Morgan fingerprint density at radius 3 is 2.65 bits per heavy atom. The lowest BCUT2D eigenvalue weighted by Crippen LogP contribution is -2.52. The van der Waals surface area contributed by atoms with Gasteiger partial charge in [0.25, 0.3) is 0 Å². The fourth-order valence-corrected chi connectivity index (χ4v) is 4.68. The van der Waals surface area contributed by atoms with Crippen molar-refractivity contribution in [3.05, 3.63) is 35.7 Å². The first-order valence-corrected chi connectivity index (χ1v) is 11.5. The molecule has 8 nitrogen and oxygen atoms in total. The van der Waals surface area contributed by atoms with E-state index in [-0.39, 0.29) is 36.4 Å². The number of nitrogens with one attached hydrogen (secondary N) is 1. The average Bonchev–Trinajstić information content (AvgIpc) is 3.44. The van der Waals surface area contributed by atoms with Gasteiger partial charge in [0.05, 0.1) is 0 Å². The zero-order valence-corrected chi connectivity index (χ0v) is 21.2. The number of guanidine groups is 1. The number of aromatic nitrogens is 2. The summed E-state index contributed by atoms with van der Waals surface area (Å²) in [6.45, 7) is 9.23. The minimum absolute atomic E-state index is 0. The highest BCUT2D eigenvalue weighted by atomic mass is 127. The van der Waals surface area contributed by atoms with Gasteiger partial charge in [-0.05, 0) is 25.0 Å². The molecule has 2 aliphatic heterocycles. The summed E-state index contributed by atoms with van der Waals surface area (Å²) >= 11 is 1.47. The minimum Gasteiger partial charge on any atom is -0.357 e. The van der Waals surface area contributed by atoms with Crippen LogP contribution in [0.3, 0.4) is 0 Å². The van der Waals surface area contributed by atoms with Crippen LogP contribution in [0, 0.1) is 0 Å². The van der Waals surface area contributed by atoms with Crippen molar-refractivity contribution in [2.45, 2.75) is 26.7 Å². The van der Waals surface area contributed by atoms with Crippen molar-refractivity contribution in [3.8, 4) is 0 Å². The van der Waals surface area contributed by atoms with E-state index in [0.717, 1.165) is 74.7 Å². The van der Waals surface area contributed by atoms with Crippen LogP contribution in [-0.4, -0.2) is 71.9 Å². The molecule has 4 rings (SSSR count). The van der Waals surface area contributed by atoms with Crippen LogP contribution in [0.2, 0.25) is 0 Å². The molecule has 0 spiro atoms. The van der Waals surface area contributed by atoms with Gasteiger partial charge in [-0.2, -0.15) is 4.37 Å². The normalized spacial score (nSPS) is 16.2. The number of rotatable bonds is 5. The molecular formula is C21H30IN7OS. The number of aryl methyl sites for hydroxylation is 1. The van der Waals surface area contributed by atoms with Crippen molar-refractivity contribution in [3.63, 3.8) is 0 Å². The summed E-state index contributed by atoms with van der Waals surface area (Å²) in [5, 5.41) is 4.34. The maximum Gasteiger partial charge on any atom is 0.248 e. The van der Waals surface area contributed by atoms with E-state index in [2.05, 4.69) is 49.4 Å². The highest BCUT2D eigenvalue weighted by Crippen LogP contribution is 2.27. The number of para-hydroxylation sites is 1. The molecule has 2 aromatic rings. The van der Waals surface area contributed by atoms with Crippen molar-refractivity contribution in [1.29, 1.82) is 0 Å². The quantitative estimate of drug-likeness (QED) is 0.347. The van der Waals surface area contributed by atoms with E-state index >= 15 is 0 Å². The van der Waals surface area contributed by atoms with Crippen LogP contribution >= 0.6 is 35.5 Å². The van der Waals surface area contributed by atoms with E-state index in [0.29, 0.717) is 0 Å². The molecule has 3 heterocycles. The molecule has 10 heteroatoms. The van der Waals surface area contributed by atoms with Crippen molar-refractivity contribution in [1.82, 2.24) is 19.6 Å². The third-order valence-corrected chi connectivity index (χ3v) is 6.33. The van der Waals surface area contributed by atoms with Crippen LogP contribution in [0.4, 0.5) is 10.8 Å². The fraction of sp³-hybridized carbons (Fsp3) is 0.524. The summed E-state index contributed by atoms with van der Waals surface area (Å²) in [4.78, 5) is 28.5. The van der Waals surface area contributed by atoms with Crippen molar-refractivity contribution in [2.24, 2.45) is 4.99 Å². The molecular weight excluding hydrogens is 525 g/mol. The molecule has 1 N–H and O–H groups in total. The maximum absolute atomic E-state index is 12.8. The molecule has 1 amide bonds. The Morgan fingerprint density at radius 2 is 1.94 bits per heavy atom. The monoisotopic (exact) mass is 555 g/mol. The molecule has 1 aromatic carbocycles. The number of benzene rings is 1. The molecule has 0 atom stereocenters. The molecule has 2 aliphatic rings. The van der Waals surface area contributed by atoms with Gasteiger partial charge in [-0.1, -0.05) is 25.1 Å². The Kier molecular flexibility index (Phi) is 8.47. The van der Waals surface area contributed by atoms with Gasteiger partial charge in [0, 0.05) is 62.9 Å². The Labute approximate surface area is 204 Å². The van der Waals surface area contributed by atoms with Gasteiger partial charge in [0.2, 0.25) is 11.0 Å². The van der Waals surface area contributed by atoms with E-state index < -0.39 is 0 Å². The predicted molar refractivity (Wildman–Crippen MR) is 137 cm³/mol. The summed E-state index contributed by atoms with van der Waals surface area (Å²) in [6.07, 6.45) is 1.78. The predicted octanol–water partition coefficient (Wildman–Crippen LogP) is 2.40. The Hall–Kier alpha value is -1.95. The van der Waals surface area contributed by atoms with Crippen molar-refractivity contribution >= 4 is 58.2 Å². The molecule has 0 aliphatic carbocycles. The number of halogens is 1. The van der Waals surface area contributed by atoms with E-state index in [9.17, 15) is 4.79 Å². The second-order valence-corrected chi connectivity index (χ2v) is 8.15. The second-order valence-electron chi connectivity index (χ2n) is 7.42. The minimum atomic E-state index is 0. The van der Waals surface area contributed by atoms with E-state index in [1.54, 1.807) is 0 Å². The summed E-state index contributed by atoms with van der Waals surface area (Å²) in [6, 6.07) is 8.13. The number of piperazine rings is 1. The van der Waals surface area contributed by atoms with Gasteiger partial charge < -0.3 is 20.0 Å². The smallest absolute Gasteiger partial charge is 0.248 e. The van der Waals surface area contributed by atoms with Gasteiger partial charge in [0.15, 0.2) is 5.96 Å². The molecule has 1 saturated heterocycles. The van der Waals surface area contributed by atoms with Crippen LogP contribution in [0.25, 0.3) is 0 Å². The molecule has 1 fully saturated rings. The lowest BCUT2D eigenvalue weighted by Gasteiger charge is -2.36. The first-order chi connectivity index (χ1) is 14.7. The molecule has 1 aromatic heterocycles. The third-order valence-electron chi connectivity index (χ3n) is 5.51. The van der Waals surface area contributed by atoms with Gasteiger partial charge in [-0.25, -0.2) is 9.98 Å². The van der Waals surface area contributed by atoms with Gasteiger partial charge in [0.1, 0.15) is 12.4 Å². The van der Waals surface area contributed by atoms with E-state index in [1.165, 1.54) is 17.1 Å². The third kappa shape index (κ3) is 5.46. The molecule has 168 valence electrons. The Balaban J connectivity index is 0.00000272. The largest absolute Gasteiger partial charge is 0.357 e. The number of hydrogen-bond donors (Lipinski definition) is 1. The number of hydrogen-bond acceptors (Lipinski definition) is 6. The van der Waals surface area contributed by atoms with Crippen LogP contribution < -0.4 is 15.1 Å². The molecule has 0 saturated carbocycles. The Bertz CT molecular complexity index is 911. The molecule has 31 heavy (non-hydrogen) atoms. The number of nitrogens with zero attached hydrogens (tertiary/aromatic N) is 6. The summed E-state index contributed by atoms with van der Waals surface area (Å²) in [7, 11) is 0. The van der Waals surface area contributed by atoms with Crippen LogP contribution in [0.15, 0.2) is 29.3 Å². The van der Waals surface area contributed by atoms with E-state index in [4.69, 9.17) is 0 Å². The average molecular weight is 555 g/mol. The van der Waals surface area contributed by atoms with Crippen LogP contribution in [-0.2, 0) is 17.6 Å². The number of aliphatic imine (C=N–C) groups is 1. The first kappa shape index (κ1) is 23.7. The van der Waals surface area contributed by atoms with Crippen molar-refractivity contribution < 1.29 is 4.79 Å². The van der Waals surface area contributed by atoms with Crippen LogP contribution in [0.1, 0.15) is 25.2 Å². The number of anilines is 2. The topological polar surface area (TPSA) is 77.0 Å². The highest BCUT2D eigenvalue weighted by molar-refractivity contribution is 14.0. The van der Waals surface area contributed by atoms with Crippen LogP contribution in [0.5, 0.6) is 0 Å². The van der Waals surface area contributed by atoms with Gasteiger partial charge in [-0.3, -0.25) is 4.79 Å². The second kappa shape index (κ2) is 11.1. The Morgan fingerprint density at radius 1 is 1.16 bits per heavy atom.